The van der Waals surface area contributed by atoms with E-state index >= 15 is 0 Å². The number of aliphatic imine (C=N–C) groups is 4. The molecule has 9 rings (SSSR count). The molecule has 0 N–H and O–H groups in total. The van der Waals surface area contributed by atoms with Gasteiger partial charge in [0.05, 0.1) is 68.4 Å². The molecular formula is C60H54Co2N6O2-2. The fraction of sp³-hybridized carbons (Fsp3) is 0.133. The first-order valence-corrected chi connectivity index (χ1v) is 22.5. The van der Waals surface area contributed by atoms with Gasteiger partial charge in [-0.15, -0.1) is 11.5 Å². The van der Waals surface area contributed by atoms with E-state index < -0.39 is 11.5 Å². The van der Waals surface area contributed by atoms with Crippen molar-refractivity contribution in [2.75, 3.05) is 0 Å². The van der Waals surface area contributed by atoms with Crippen molar-refractivity contribution >= 4 is 67.1 Å². The van der Waals surface area contributed by atoms with Crippen molar-refractivity contribution in [3.63, 3.8) is 0 Å². The van der Waals surface area contributed by atoms with E-state index in [0.717, 1.165) is 101 Å². The van der Waals surface area contributed by atoms with Gasteiger partial charge in [-0.1, -0.05) is 133 Å². The first-order valence-electron chi connectivity index (χ1n) is 22.5. The molecule has 0 saturated carbocycles. The van der Waals surface area contributed by atoms with Crippen LogP contribution in [0.25, 0.3) is 21.5 Å². The van der Waals surface area contributed by atoms with Crippen molar-refractivity contribution < 1.29 is 43.8 Å². The smallest absolute Gasteiger partial charge is 0.0849 e. The molecule has 0 bridgehead atoms. The number of pyridine rings is 2. The van der Waals surface area contributed by atoms with Gasteiger partial charge in [0.2, 0.25) is 0 Å². The Labute approximate surface area is 432 Å². The minimum atomic E-state index is -0.408. The number of rotatable bonds is 8. The SMILES string of the molecule is CC(=Nc1ccccc1C)c1cccc(C(C)=Nc2ccccc2C)n1.CC(=Nc1ccccc1C)c1cccc(C(C)=Nc2ccccc2C)n1.[Co].[Co].[O-]c1c([O-])c2ccccc2c2ccccc12. The van der Waals surface area contributed by atoms with E-state index in [1.54, 1.807) is 24.3 Å². The third-order valence-electron chi connectivity index (χ3n) is 11.4. The minimum Gasteiger partial charge on any atom is -0.872 e. The molecule has 356 valence electrons. The Bertz CT molecular complexity index is 3000. The van der Waals surface area contributed by atoms with Gasteiger partial charge in [0.25, 0.3) is 0 Å². The molecule has 0 saturated heterocycles. The Morgan fingerprint density at radius 3 is 0.757 bits per heavy atom. The second kappa shape index (κ2) is 25.3. The summed E-state index contributed by atoms with van der Waals surface area (Å²) in [5.41, 5.74) is 15.5. The molecule has 8 nitrogen and oxygen atoms in total. The molecule has 0 aliphatic heterocycles. The van der Waals surface area contributed by atoms with Crippen LogP contribution in [0.2, 0.25) is 0 Å². The summed E-state index contributed by atoms with van der Waals surface area (Å²) in [5.74, 6) is -0.816. The number of benzene rings is 7. The summed E-state index contributed by atoms with van der Waals surface area (Å²) < 4.78 is 0. The van der Waals surface area contributed by atoms with Crippen molar-refractivity contribution in [3.8, 4) is 11.5 Å². The number of fused-ring (bicyclic) bond motifs is 3. The molecule has 0 aliphatic rings. The zero-order chi connectivity index (χ0) is 48.2. The van der Waals surface area contributed by atoms with Crippen LogP contribution in [0.3, 0.4) is 0 Å². The molecule has 9 aromatic rings. The molecule has 2 aromatic heterocycles. The van der Waals surface area contributed by atoms with E-state index in [1.807, 2.05) is 161 Å². The van der Waals surface area contributed by atoms with Crippen molar-refractivity contribution in [1.29, 1.82) is 0 Å². The van der Waals surface area contributed by atoms with E-state index in [9.17, 15) is 10.2 Å². The van der Waals surface area contributed by atoms with E-state index in [2.05, 4.69) is 52.0 Å². The fourth-order valence-corrected chi connectivity index (χ4v) is 7.46. The maximum Gasteiger partial charge on any atom is 0.0849 e. The summed E-state index contributed by atoms with van der Waals surface area (Å²) in [5, 5.41) is 26.4. The number of aryl methyl sites for hydroxylation is 4. The average molecular weight is 1010 g/mol. The molecule has 0 fully saturated rings. The molecule has 7 aromatic carbocycles. The Morgan fingerprint density at radius 1 is 0.300 bits per heavy atom. The molecular weight excluding hydrogens is 955 g/mol. The van der Waals surface area contributed by atoms with Crippen LogP contribution in [0, 0.1) is 27.7 Å². The van der Waals surface area contributed by atoms with Gasteiger partial charge in [-0.3, -0.25) is 20.0 Å². The predicted octanol–water partition coefficient (Wildman–Crippen LogP) is 14.1. The maximum atomic E-state index is 11.8. The van der Waals surface area contributed by atoms with Crippen LogP contribution in [0.1, 0.15) is 72.7 Å². The predicted molar refractivity (Wildman–Crippen MR) is 281 cm³/mol. The third-order valence-corrected chi connectivity index (χ3v) is 11.4. The van der Waals surface area contributed by atoms with Crippen LogP contribution in [0.5, 0.6) is 11.5 Å². The monoisotopic (exact) mass is 1010 g/mol. The molecule has 0 amide bonds. The Balaban J connectivity index is 0.000000198. The number of nitrogens with zero attached hydrogens (tertiary/aromatic N) is 6. The summed E-state index contributed by atoms with van der Waals surface area (Å²) in [6, 6.07) is 58.8. The largest absolute Gasteiger partial charge is 0.872 e. The van der Waals surface area contributed by atoms with Crippen LogP contribution in [-0.4, -0.2) is 32.8 Å². The zero-order valence-electron chi connectivity index (χ0n) is 40.5. The second-order valence-corrected chi connectivity index (χ2v) is 16.5. The Kier molecular flexibility index (Phi) is 19.4. The van der Waals surface area contributed by atoms with Gasteiger partial charge in [0.15, 0.2) is 0 Å². The van der Waals surface area contributed by atoms with E-state index in [4.69, 9.17) is 29.9 Å². The van der Waals surface area contributed by atoms with Crippen LogP contribution in [0.4, 0.5) is 22.7 Å². The van der Waals surface area contributed by atoms with Crippen LogP contribution >= 0.6 is 0 Å². The van der Waals surface area contributed by atoms with Gasteiger partial charge in [0, 0.05) is 33.6 Å². The summed E-state index contributed by atoms with van der Waals surface area (Å²) in [7, 11) is 0. The van der Waals surface area contributed by atoms with Crippen LogP contribution in [0.15, 0.2) is 202 Å². The van der Waals surface area contributed by atoms with E-state index in [0.29, 0.717) is 10.8 Å². The molecule has 0 unspecified atom stereocenters. The van der Waals surface area contributed by atoms with Gasteiger partial charge in [-0.2, -0.15) is 0 Å². The molecule has 70 heavy (non-hydrogen) atoms. The molecule has 0 spiro atoms. The van der Waals surface area contributed by atoms with Crippen molar-refractivity contribution in [1.82, 2.24) is 9.97 Å². The maximum absolute atomic E-state index is 11.8. The summed E-state index contributed by atoms with van der Waals surface area (Å²) in [6.45, 7) is 16.2. The summed E-state index contributed by atoms with van der Waals surface area (Å²) in [4.78, 5) is 28.5. The molecule has 2 radical (unpaired) electrons. The first kappa shape index (κ1) is 53.6. The average Bonchev–Trinajstić information content (AvgIpc) is 3.36. The van der Waals surface area contributed by atoms with Gasteiger partial charge >= 0.3 is 0 Å². The van der Waals surface area contributed by atoms with Crippen molar-refractivity contribution in [3.05, 3.63) is 227 Å². The van der Waals surface area contributed by atoms with Crippen LogP contribution in [-0.2, 0) is 33.6 Å². The zero-order valence-corrected chi connectivity index (χ0v) is 42.6. The number of hydrogen-bond acceptors (Lipinski definition) is 8. The molecule has 10 heteroatoms. The van der Waals surface area contributed by atoms with Crippen molar-refractivity contribution in [2.24, 2.45) is 20.0 Å². The first-order chi connectivity index (χ1) is 32.9. The number of hydrogen-bond donors (Lipinski definition) is 0. The molecule has 0 aliphatic carbocycles. The van der Waals surface area contributed by atoms with Gasteiger partial charge in [0.1, 0.15) is 0 Å². The third kappa shape index (κ3) is 13.5. The molecule has 2 heterocycles. The van der Waals surface area contributed by atoms with Gasteiger partial charge in [-0.05, 0) is 148 Å². The topological polar surface area (TPSA) is 121 Å². The van der Waals surface area contributed by atoms with Gasteiger partial charge < -0.3 is 10.2 Å². The quantitative estimate of drug-likeness (QED) is 0.111. The fourth-order valence-electron chi connectivity index (χ4n) is 7.46. The van der Waals surface area contributed by atoms with Crippen molar-refractivity contribution in [2.45, 2.75) is 55.4 Å². The van der Waals surface area contributed by atoms with Crippen LogP contribution < -0.4 is 10.2 Å². The molecule has 0 atom stereocenters. The van der Waals surface area contributed by atoms with E-state index in [1.165, 1.54) is 0 Å². The summed E-state index contributed by atoms with van der Waals surface area (Å²) >= 11 is 0. The number of aromatic nitrogens is 2. The minimum absolute atomic E-state index is 0. The Morgan fingerprint density at radius 2 is 0.514 bits per heavy atom. The van der Waals surface area contributed by atoms with Gasteiger partial charge in [-0.25, -0.2) is 9.97 Å². The normalized spacial score (nSPS) is 11.7. The number of para-hydroxylation sites is 4. The Hall–Kier alpha value is -7.35. The van der Waals surface area contributed by atoms with E-state index in [-0.39, 0.29) is 33.6 Å². The summed E-state index contributed by atoms with van der Waals surface area (Å²) in [6.07, 6.45) is 0. The second-order valence-electron chi connectivity index (χ2n) is 16.5. The standard InChI is InChI=1S/2C23H23N3.C14H10O2.2Co/c2*1-16-10-5-7-12-20(16)24-18(3)22-14-9-15-23(26-22)19(4)25-21-13-8-6-11-17(21)2;15-13-11-7-3-1-5-9(11)10-6-2-4-8-12(10)14(13)16;;/h2*5-15H,1-4H3;1-8,15-16H;;/p-2.